The summed E-state index contributed by atoms with van der Waals surface area (Å²) in [6.07, 6.45) is -1.21. The molecule has 0 aliphatic carbocycles. The van der Waals surface area contributed by atoms with Crippen LogP contribution in [-0.2, 0) is 12.6 Å². The van der Waals surface area contributed by atoms with Crippen molar-refractivity contribution in [3.8, 4) is 5.95 Å². The fraction of sp³-hybridized carbons (Fsp3) is 0.176. The molecular weight excluding hydrogens is 418 g/mol. The number of carbonyl (C=O) groups excluding carboxylic acids is 1. The van der Waals surface area contributed by atoms with Gasteiger partial charge in [0, 0.05) is 29.0 Å². The van der Waals surface area contributed by atoms with Gasteiger partial charge in [0.25, 0.3) is 11.9 Å². The van der Waals surface area contributed by atoms with Crippen LogP contribution >= 0.6 is 23.2 Å². The Hall–Kier alpha value is -2.65. The molecule has 146 valence electrons. The molecule has 0 aliphatic rings. The van der Waals surface area contributed by atoms with Crippen molar-refractivity contribution in [2.45, 2.75) is 12.6 Å². The summed E-state index contributed by atoms with van der Waals surface area (Å²) in [6.45, 7) is 0.0343. The van der Waals surface area contributed by atoms with Crippen molar-refractivity contribution in [3.63, 3.8) is 0 Å². The highest BCUT2D eigenvalue weighted by atomic mass is 35.5. The largest absolute Gasteiger partial charge is 0.434 e. The third-order valence-electron chi connectivity index (χ3n) is 3.75. The molecule has 0 saturated heterocycles. The molecule has 3 aromatic rings. The highest BCUT2D eigenvalue weighted by Gasteiger charge is 2.41. The highest BCUT2D eigenvalue weighted by molar-refractivity contribution is 6.36. The molecule has 1 amide bonds. The lowest BCUT2D eigenvalue weighted by Crippen LogP contribution is -2.28. The quantitative estimate of drug-likeness (QED) is 0.665. The number of hydrogen-bond acceptors (Lipinski definition) is 4. The zero-order valence-corrected chi connectivity index (χ0v) is 15.6. The van der Waals surface area contributed by atoms with E-state index in [1.807, 2.05) is 0 Å². The number of carbonyl (C=O) groups is 1. The Labute approximate surface area is 167 Å². The molecule has 6 nitrogen and oxygen atoms in total. The molecule has 2 aromatic heterocycles. The molecule has 0 radical (unpaired) electrons. The highest BCUT2D eigenvalue weighted by Crippen LogP contribution is 2.33. The molecule has 0 fully saturated rings. The van der Waals surface area contributed by atoms with E-state index < -0.39 is 23.3 Å². The monoisotopic (exact) mass is 429 g/mol. The molecule has 11 heteroatoms. The van der Waals surface area contributed by atoms with Gasteiger partial charge in [-0.15, -0.1) is 0 Å². The van der Waals surface area contributed by atoms with Gasteiger partial charge in [0.15, 0.2) is 5.69 Å². The molecule has 0 unspecified atom stereocenters. The van der Waals surface area contributed by atoms with E-state index in [0.29, 0.717) is 20.3 Å². The predicted octanol–water partition coefficient (Wildman–Crippen LogP) is 3.96. The summed E-state index contributed by atoms with van der Waals surface area (Å²) in [4.78, 5) is 19.8. The lowest BCUT2D eigenvalue weighted by atomic mass is 10.1. The smallest absolute Gasteiger partial charge is 0.352 e. The molecule has 1 aromatic carbocycles. The predicted molar refractivity (Wildman–Crippen MR) is 96.7 cm³/mol. The van der Waals surface area contributed by atoms with Crippen LogP contribution in [0, 0.1) is 0 Å². The van der Waals surface area contributed by atoms with Gasteiger partial charge in [0.1, 0.15) is 0 Å². The zero-order chi connectivity index (χ0) is 20.3. The van der Waals surface area contributed by atoms with Gasteiger partial charge in [0.2, 0.25) is 0 Å². The fourth-order valence-corrected chi connectivity index (χ4v) is 3.09. The van der Waals surface area contributed by atoms with Crippen LogP contribution in [0.3, 0.4) is 0 Å². The second-order valence-electron chi connectivity index (χ2n) is 5.57. The van der Waals surface area contributed by atoms with Crippen LogP contribution in [0.15, 0.2) is 42.9 Å². The number of benzene rings is 1. The van der Waals surface area contributed by atoms with Crippen molar-refractivity contribution in [2.75, 3.05) is 6.54 Å². The zero-order valence-electron chi connectivity index (χ0n) is 14.0. The Morgan fingerprint density at radius 1 is 1.11 bits per heavy atom. The normalized spacial score (nSPS) is 11.5. The Kier molecular flexibility index (Phi) is 5.85. The molecule has 28 heavy (non-hydrogen) atoms. The molecule has 2 heterocycles. The molecule has 0 spiro atoms. The van der Waals surface area contributed by atoms with Gasteiger partial charge >= 0.3 is 6.18 Å². The summed E-state index contributed by atoms with van der Waals surface area (Å²) in [5.41, 5.74) is -1.30. The Bertz CT molecular complexity index is 972. The summed E-state index contributed by atoms with van der Waals surface area (Å²) in [6, 6.07) is 6.39. The summed E-state index contributed by atoms with van der Waals surface area (Å²) in [5.74, 6) is -1.23. The third kappa shape index (κ3) is 4.26. The van der Waals surface area contributed by atoms with Gasteiger partial charge in [-0.05, 0) is 30.2 Å². The molecule has 0 aliphatic heterocycles. The van der Waals surface area contributed by atoms with E-state index in [1.165, 1.54) is 18.5 Å². The lowest BCUT2D eigenvalue weighted by molar-refractivity contribution is -0.143. The van der Waals surface area contributed by atoms with Crippen molar-refractivity contribution in [2.24, 2.45) is 0 Å². The number of halogens is 5. The summed E-state index contributed by atoms with van der Waals surface area (Å²) in [7, 11) is 0. The van der Waals surface area contributed by atoms with Gasteiger partial charge < -0.3 is 5.32 Å². The van der Waals surface area contributed by atoms with Crippen LogP contribution in [0.25, 0.3) is 5.95 Å². The minimum absolute atomic E-state index is 0.0343. The number of amides is 1. The SMILES string of the molecule is O=C(NCCc1c(Cl)cccc1Cl)c1cnn(-c2ncccn2)c1C(F)(F)F. The minimum Gasteiger partial charge on any atom is -0.352 e. The minimum atomic E-state index is -4.84. The number of nitrogens with zero attached hydrogens (tertiary/aromatic N) is 4. The first kappa shape index (κ1) is 20.1. The van der Waals surface area contributed by atoms with E-state index >= 15 is 0 Å². The summed E-state index contributed by atoms with van der Waals surface area (Å²) in [5, 5.41) is 6.88. The van der Waals surface area contributed by atoms with E-state index in [-0.39, 0.29) is 18.9 Å². The van der Waals surface area contributed by atoms with Gasteiger partial charge in [0.05, 0.1) is 11.8 Å². The van der Waals surface area contributed by atoms with Crippen LogP contribution in [0.4, 0.5) is 13.2 Å². The topological polar surface area (TPSA) is 72.7 Å². The van der Waals surface area contributed by atoms with Crippen LogP contribution in [-0.4, -0.2) is 32.2 Å². The maximum Gasteiger partial charge on any atom is 0.434 e. The first-order valence-corrected chi connectivity index (χ1v) is 8.68. The number of rotatable bonds is 5. The molecule has 3 rings (SSSR count). The van der Waals surface area contributed by atoms with E-state index in [2.05, 4.69) is 20.4 Å². The average molecular weight is 430 g/mol. The van der Waals surface area contributed by atoms with E-state index in [9.17, 15) is 18.0 Å². The molecule has 0 bridgehead atoms. The Morgan fingerprint density at radius 2 is 1.75 bits per heavy atom. The van der Waals surface area contributed by atoms with Crippen LogP contribution in [0.2, 0.25) is 10.0 Å². The van der Waals surface area contributed by atoms with Crippen LogP contribution in [0.1, 0.15) is 21.6 Å². The first-order valence-electron chi connectivity index (χ1n) is 7.92. The Balaban J connectivity index is 1.81. The number of hydrogen-bond donors (Lipinski definition) is 1. The first-order chi connectivity index (χ1) is 13.3. The van der Waals surface area contributed by atoms with Crippen molar-refractivity contribution in [3.05, 3.63) is 69.7 Å². The number of alkyl halides is 3. The molecule has 0 atom stereocenters. The maximum atomic E-state index is 13.5. The standard InChI is InChI=1S/C17H12Cl2F3N5O/c18-12-3-1-4-13(19)10(12)5-8-23-15(28)11-9-26-27(14(11)17(20,21)22)16-24-6-2-7-25-16/h1-4,6-7,9H,5,8H2,(H,23,28). The summed E-state index contributed by atoms with van der Waals surface area (Å²) < 4.78 is 41.1. The number of aromatic nitrogens is 4. The van der Waals surface area contributed by atoms with Gasteiger partial charge in [-0.1, -0.05) is 29.3 Å². The van der Waals surface area contributed by atoms with E-state index in [0.717, 1.165) is 6.20 Å². The van der Waals surface area contributed by atoms with Crippen molar-refractivity contribution in [1.82, 2.24) is 25.1 Å². The van der Waals surface area contributed by atoms with Crippen LogP contribution in [0.5, 0.6) is 0 Å². The van der Waals surface area contributed by atoms with Gasteiger partial charge in [-0.3, -0.25) is 4.79 Å². The van der Waals surface area contributed by atoms with Gasteiger partial charge in [-0.25, -0.2) is 9.97 Å². The summed E-state index contributed by atoms with van der Waals surface area (Å²) >= 11 is 12.1. The van der Waals surface area contributed by atoms with Crippen molar-refractivity contribution < 1.29 is 18.0 Å². The fourth-order valence-electron chi connectivity index (χ4n) is 2.51. The molecular formula is C17H12Cl2F3N5O. The van der Waals surface area contributed by atoms with E-state index in [1.54, 1.807) is 18.2 Å². The second kappa shape index (κ2) is 8.15. The van der Waals surface area contributed by atoms with Crippen LogP contribution < -0.4 is 5.32 Å². The van der Waals surface area contributed by atoms with Gasteiger partial charge in [-0.2, -0.15) is 23.0 Å². The average Bonchev–Trinajstić information content (AvgIpc) is 3.10. The Morgan fingerprint density at radius 3 is 2.36 bits per heavy atom. The van der Waals surface area contributed by atoms with Crippen molar-refractivity contribution >= 4 is 29.1 Å². The molecule has 0 saturated carbocycles. The van der Waals surface area contributed by atoms with E-state index in [4.69, 9.17) is 23.2 Å². The number of nitrogens with one attached hydrogen (secondary N) is 1. The third-order valence-corrected chi connectivity index (χ3v) is 4.45. The maximum absolute atomic E-state index is 13.5. The lowest BCUT2D eigenvalue weighted by Gasteiger charge is -2.12. The second-order valence-corrected chi connectivity index (χ2v) is 6.39. The van der Waals surface area contributed by atoms with Crippen molar-refractivity contribution in [1.29, 1.82) is 0 Å². The molecule has 1 N–H and O–H groups in total.